The zero-order valence-electron chi connectivity index (χ0n) is 12.2. The molecule has 0 amide bonds. The fraction of sp³-hybridized carbons (Fsp3) is 1.00. The topological polar surface area (TPSA) is 49.4 Å². The van der Waals surface area contributed by atoms with Gasteiger partial charge >= 0.3 is 0 Å². The van der Waals surface area contributed by atoms with Gasteiger partial charge in [0.2, 0.25) is 0 Å². The third-order valence-electron chi connectivity index (χ3n) is 4.29. The molecule has 1 rings (SSSR count). The summed E-state index contributed by atoms with van der Waals surface area (Å²) in [6.45, 7) is 9.26. The Hall–Kier alpha value is -0.130. The molecule has 1 saturated heterocycles. The number of rotatable bonds is 5. The quantitative estimate of drug-likeness (QED) is 0.822. The van der Waals surface area contributed by atoms with E-state index in [0.717, 1.165) is 32.4 Å². The fourth-order valence-electron chi connectivity index (χ4n) is 2.64. The Morgan fingerprint density at radius 1 is 1.33 bits per heavy atom. The molecule has 0 aromatic rings. The first-order chi connectivity index (χ1) is 8.32. The lowest BCUT2D eigenvalue weighted by atomic mass is 9.92. The highest BCUT2D eigenvalue weighted by molar-refractivity contribution is 7.90. The standard InChI is InChI=1S/C13H28N2O2S/c1-5-13(6-2)11-15(9-10-18(4,16)17)12(3)7-8-14-13/h12,14H,5-11H2,1-4H3. The van der Waals surface area contributed by atoms with E-state index >= 15 is 0 Å². The van der Waals surface area contributed by atoms with Crippen molar-refractivity contribution in [2.75, 3.05) is 31.6 Å². The van der Waals surface area contributed by atoms with Crippen LogP contribution in [0.3, 0.4) is 0 Å². The summed E-state index contributed by atoms with van der Waals surface area (Å²) in [6.07, 6.45) is 4.59. The second-order valence-corrected chi connectivity index (χ2v) is 7.91. The minimum Gasteiger partial charge on any atom is -0.310 e. The first-order valence-electron chi connectivity index (χ1n) is 6.98. The average molecular weight is 276 g/mol. The third kappa shape index (κ3) is 4.52. The maximum Gasteiger partial charge on any atom is 0.148 e. The molecule has 0 radical (unpaired) electrons. The van der Waals surface area contributed by atoms with E-state index < -0.39 is 9.84 Å². The molecule has 1 heterocycles. The molecule has 18 heavy (non-hydrogen) atoms. The summed E-state index contributed by atoms with van der Waals surface area (Å²) in [6, 6.07) is 0.458. The van der Waals surface area contributed by atoms with E-state index in [1.807, 2.05) is 0 Å². The largest absolute Gasteiger partial charge is 0.310 e. The van der Waals surface area contributed by atoms with E-state index in [0.29, 0.717) is 12.6 Å². The minimum atomic E-state index is -2.87. The Kier molecular flexibility index (Phi) is 5.62. The lowest BCUT2D eigenvalue weighted by molar-refractivity contribution is 0.168. The molecule has 5 heteroatoms. The molecular weight excluding hydrogens is 248 g/mol. The monoisotopic (exact) mass is 276 g/mol. The normalized spacial score (nSPS) is 25.9. The molecule has 0 aliphatic carbocycles. The third-order valence-corrected chi connectivity index (χ3v) is 5.22. The van der Waals surface area contributed by atoms with Crippen LogP contribution >= 0.6 is 0 Å². The molecule has 0 saturated carbocycles. The van der Waals surface area contributed by atoms with Crippen molar-refractivity contribution >= 4 is 9.84 Å². The van der Waals surface area contributed by atoms with Gasteiger partial charge in [0.05, 0.1) is 5.75 Å². The van der Waals surface area contributed by atoms with Gasteiger partial charge in [-0.15, -0.1) is 0 Å². The van der Waals surface area contributed by atoms with E-state index in [2.05, 4.69) is 31.0 Å². The molecule has 0 spiro atoms. The van der Waals surface area contributed by atoms with Crippen LogP contribution in [-0.2, 0) is 9.84 Å². The van der Waals surface area contributed by atoms with Crippen LogP contribution in [0.2, 0.25) is 0 Å². The van der Waals surface area contributed by atoms with Gasteiger partial charge in [-0.25, -0.2) is 8.42 Å². The van der Waals surface area contributed by atoms with Gasteiger partial charge in [-0.1, -0.05) is 13.8 Å². The van der Waals surface area contributed by atoms with Crippen LogP contribution in [0.15, 0.2) is 0 Å². The molecule has 1 fully saturated rings. The van der Waals surface area contributed by atoms with Crippen molar-refractivity contribution < 1.29 is 8.42 Å². The van der Waals surface area contributed by atoms with Crippen molar-refractivity contribution in [2.45, 2.75) is 51.6 Å². The molecule has 108 valence electrons. The Morgan fingerprint density at radius 2 is 1.94 bits per heavy atom. The molecule has 1 N–H and O–H groups in total. The van der Waals surface area contributed by atoms with Crippen LogP contribution < -0.4 is 5.32 Å². The lowest BCUT2D eigenvalue weighted by Crippen LogP contribution is -2.52. The highest BCUT2D eigenvalue weighted by Crippen LogP contribution is 2.22. The number of hydrogen-bond acceptors (Lipinski definition) is 4. The molecule has 1 aliphatic rings. The Bertz CT molecular complexity index is 350. The molecule has 1 unspecified atom stereocenters. The molecule has 0 aromatic heterocycles. The van der Waals surface area contributed by atoms with E-state index in [1.165, 1.54) is 6.26 Å². The zero-order valence-corrected chi connectivity index (χ0v) is 13.0. The van der Waals surface area contributed by atoms with Gasteiger partial charge in [0.1, 0.15) is 9.84 Å². The lowest BCUT2D eigenvalue weighted by Gasteiger charge is -2.37. The van der Waals surface area contributed by atoms with Gasteiger partial charge in [0.25, 0.3) is 0 Å². The van der Waals surface area contributed by atoms with E-state index in [9.17, 15) is 8.42 Å². The number of nitrogens with one attached hydrogen (secondary N) is 1. The van der Waals surface area contributed by atoms with Crippen molar-refractivity contribution in [3.8, 4) is 0 Å². The highest BCUT2D eigenvalue weighted by atomic mass is 32.2. The summed E-state index contributed by atoms with van der Waals surface area (Å²) < 4.78 is 22.6. The van der Waals surface area contributed by atoms with Crippen LogP contribution in [0.5, 0.6) is 0 Å². The predicted octanol–water partition coefficient (Wildman–Crippen LogP) is 1.27. The van der Waals surface area contributed by atoms with Crippen molar-refractivity contribution in [3.05, 3.63) is 0 Å². The number of nitrogens with zero attached hydrogens (tertiary/aromatic N) is 1. The van der Waals surface area contributed by atoms with Gasteiger partial charge in [0, 0.05) is 30.9 Å². The smallest absolute Gasteiger partial charge is 0.148 e. The predicted molar refractivity (Wildman–Crippen MR) is 76.7 cm³/mol. The fourth-order valence-corrected chi connectivity index (χ4v) is 3.20. The zero-order chi connectivity index (χ0) is 13.8. The van der Waals surface area contributed by atoms with E-state index in [1.54, 1.807) is 0 Å². The van der Waals surface area contributed by atoms with Crippen molar-refractivity contribution in [1.82, 2.24) is 10.2 Å². The van der Waals surface area contributed by atoms with E-state index in [4.69, 9.17) is 0 Å². The summed E-state index contributed by atoms with van der Waals surface area (Å²) >= 11 is 0. The maximum absolute atomic E-state index is 11.3. The molecule has 4 nitrogen and oxygen atoms in total. The number of hydrogen-bond donors (Lipinski definition) is 1. The molecule has 1 aliphatic heterocycles. The Morgan fingerprint density at radius 3 is 2.44 bits per heavy atom. The van der Waals surface area contributed by atoms with Crippen molar-refractivity contribution in [1.29, 1.82) is 0 Å². The van der Waals surface area contributed by atoms with Crippen LogP contribution in [0.25, 0.3) is 0 Å². The second-order valence-electron chi connectivity index (χ2n) is 5.65. The Labute approximate surface area is 112 Å². The van der Waals surface area contributed by atoms with Gasteiger partial charge < -0.3 is 5.32 Å². The second kappa shape index (κ2) is 6.35. The first-order valence-corrected chi connectivity index (χ1v) is 9.05. The average Bonchev–Trinajstić information content (AvgIpc) is 2.46. The van der Waals surface area contributed by atoms with Crippen molar-refractivity contribution in [3.63, 3.8) is 0 Å². The summed E-state index contributed by atoms with van der Waals surface area (Å²) in [4.78, 5) is 2.34. The van der Waals surface area contributed by atoms with Crippen molar-refractivity contribution in [2.24, 2.45) is 0 Å². The van der Waals surface area contributed by atoms with Crippen LogP contribution in [0, 0.1) is 0 Å². The first kappa shape index (κ1) is 15.9. The Balaban J connectivity index is 2.73. The van der Waals surface area contributed by atoms with Crippen LogP contribution in [0.1, 0.15) is 40.0 Å². The SMILES string of the molecule is CCC1(CC)CN(CCS(C)(=O)=O)C(C)CCN1. The summed E-state index contributed by atoms with van der Waals surface area (Å²) in [7, 11) is -2.87. The highest BCUT2D eigenvalue weighted by Gasteiger charge is 2.32. The molecule has 0 bridgehead atoms. The van der Waals surface area contributed by atoms with Gasteiger partial charge in [-0.05, 0) is 32.7 Å². The van der Waals surface area contributed by atoms with Gasteiger partial charge in [-0.2, -0.15) is 0 Å². The molecule has 1 atom stereocenters. The summed E-state index contributed by atoms with van der Waals surface area (Å²) in [5.41, 5.74) is 0.155. The molecule has 0 aromatic carbocycles. The van der Waals surface area contributed by atoms with Gasteiger partial charge in [0.15, 0.2) is 0 Å². The number of sulfone groups is 1. The van der Waals surface area contributed by atoms with Crippen LogP contribution in [-0.4, -0.2) is 56.5 Å². The minimum absolute atomic E-state index is 0.155. The van der Waals surface area contributed by atoms with E-state index in [-0.39, 0.29) is 11.3 Å². The van der Waals surface area contributed by atoms with Crippen LogP contribution in [0.4, 0.5) is 0 Å². The summed E-state index contributed by atoms with van der Waals surface area (Å²) in [5.74, 6) is 0.265. The van der Waals surface area contributed by atoms with Gasteiger partial charge in [-0.3, -0.25) is 4.90 Å². The summed E-state index contributed by atoms with van der Waals surface area (Å²) in [5, 5.41) is 3.66. The molecular formula is C13H28N2O2S. The maximum atomic E-state index is 11.3.